The molecule has 0 radical (unpaired) electrons. The van der Waals surface area contributed by atoms with E-state index in [1.807, 2.05) is 25.1 Å². The lowest BCUT2D eigenvalue weighted by molar-refractivity contribution is 0.0932. The van der Waals surface area contributed by atoms with Crippen LogP contribution in [0.25, 0.3) is 11.4 Å². The van der Waals surface area contributed by atoms with Gasteiger partial charge in [-0.3, -0.25) is 14.6 Å². The van der Waals surface area contributed by atoms with Gasteiger partial charge < -0.3 is 10.3 Å². The van der Waals surface area contributed by atoms with Gasteiger partial charge in [0.1, 0.15) is 5.56 Å². The Labute approximate surface area is 136 Å². The van der Waals surface area contributed by atoms with Crippen LogP contribution in [-0.2, 0) is 0 Å². The highest BCUT2D eigenvalue weighted by molar-refractivity contribution is 5.94. The van der Waals surface area contributed by atoms with E-state index in [1.54, 1.807) is 18.3 Å². The van der Waals surface area contributed by atoms with Crippen molar-refractivity contribution >= 4 is 5.91 Å². The molecule has 23 heavy (non-hydrogen) atoms. The first-order valence-electron chi connectivity index (χ1n) is 8.11. The Kier molecular flexibility index (Phi) is 6.09. The average Bonchev–Trinajstić information content (AvgIpc) is 2.59. The quantitative estimate of drug-likeness (QED) is 0.824. The summed E-state index contributed by atoms with van der Waals surface area (Å²) < 4.78 is 0. The van der Waals surface area contributed by atoms with Crippen molar-refractivity contribution in [2.75, 3.05) is 0 Å². The van der Waals surface area contributed by atoms with Crippen molar-refractivity contribution in [2.45, 2.75) is 45.6 Å². The van der Waals surface area contributed by atoms with Gasteiger partial charge in [-0.15, -0.1) is 0 Å². The highest BCUT2D eigenvalue weighted by Crippen LogP contribution is 2.12. The summed E-state index contributed by atoms with van der Waals surface area (Å²) in [4.78, 5) is 31.4. The van der Waals surface area contributed by atoms with Crippen molar-refractivity contribution in [1.29, 1.82) is 0 Å². The summed E-state index contributed by atoms with van der Waals surface area (Å²) in [6.07, 6.45) is 5.60. The maximum atomic E-state index is 12.3. The highest BCUT2D eigenvalue weighted by atomic mass is 16.2. The van der Waals surface area contributed by atoms with Crippen LogP contribution < -0.4 is 10.9 Å². The maximum absolute atomic E-state index is 12.3. The maximum Gasteiger partial charge on any atom is 0.261 e. The van der Waals surface area contributed by atoms with E-state index >= 15 is 0 Å². The third-order valence-electron chi connectivity index (χ3n) is 3.83. The van der Waals surface area contributed by atoms with Crippen molar-refractivity contribution < 1.29 is 4.79 Å². The van der Waals surface area contributed by atoms with Crippen LogP contribution in [0.5, 0.6) is 0 Å². The lowest BCUT2D eigenvalue weighted by Crippen LogP contribution is -2.37. The molecule has 0 spiro atoms. The zero-order valence-corrected chi connectivity index (χ0v) is 13.6. The molecule has 0 saturated carbocycles. The van der Waals surface area contributed by atoms with Crippen LogP contribution in [0.1, 0.15) is 49.9 Å². The molecule has 5 heteroatoms. The summed E-state index contributed by atoms with van der Waals surface area (Å²) in [6.45, 7) is 4.16. The molecule has 2 aromatic rings. The molecular weight excluding hydrogens is 290 g/mol. The number of aromatic nitrogens is 2. The molecule has 0 fully saturated rings. The van der Waals surface area contributed by atoms with E-state index in [4.69, 9.17) is 0 Å². The molecule has 2 rings (SSSR count). The van der Waals surface area contributed by atoms with E-state index < -0.39 is 5.56 Å². The van der Waals surface area contributed by atoms with Crippen LogP contribution in [0.4, 0.5) is 0 Å². The smallest absolute Gasteiger partial charge is 0.261 e. The van der Waals surface area contributed by atoms with Gasteiger partial charge in [-0.05, 0) is 37.1 Å². The molecule has 0 saturated heterocycles. The van der Waals surface area contributed by atoms with Crippen molar-refractivity contribution in [3.8, 4) is 11.4 Å². The molecule has 0 aliphatic heterocycles. The lowest BCUT2D eigenvalue weighted by Gasteiger charge is -2.16. The third kappa shape index (κ3) is 4.52. The molecule has 5 nitrogen and oxygen atoms in total. The summed E-state index contributed by atoms with van der Waals surface area (Å²) in [5, 5.41) is 2.94. The number of nitrogens with one attached hydrogen (secondary N) is 2. The van der Waals surface area contributed by atoms with E-state index in [0.717, 1.165) is 25.7 Å². The van der Waals surface area contributed by atoms with Gasteiger partial charge in [0.2, 0.25) is 0 Å². The molecule has 0 aliphatic rings. The van der Waals surface area contributed by atoms with Gasteiger partial charge in [-0.1, -0.05) is 32.8 Å². The van der Waals surface area contributed by atoms with Crippen molar-refractivity contribution in [2.24, 2.45) is 0 Å². The number of carbonyl (C=O) groups excluding carboxylic acids is 1. The van der Waals surface area contributed by atoms with Gasteiger partial charge >= 0.3 is 0 Å². The van der Waals surface area contributed by atoms with E-state index in [9.17, 15) is 9.59 Å². The standard InChI is InChI=1S/C18H23N3O2/c1-3-5-8-13(4-2)20-17(22)14-10-11-16(21-18(14)23)15-9-6-7-12-19-15/h6-7,9-13H,3-5,8H2,1-2H3,(H,20,22)(H,21,23)/t13-/m0/s1. The van der Waals surface area contributed by atoms with Gasteiger partial charge in [-0.25, -0.2) is 0 Å². The van der Waals surface area contributed by atoms with E-state index in [-0.39, 0.29) is 17.5 Å². The fourth-order valence-corrected chi connectivity index (χ4v) is 2.42. The molecule has 1 amide bonds. The Bertz CT molecular complexity index is 695. The summed E-state index contributed by atoms with van der Waals surface area (Å²) in [6, 6.07) is 8.85. The van der Waals surface area contributed by atoms with E-state index in [2.05, 4.69) is 22.2 Å². The Morgan fingerprint density at radius 1 is 1.26 bits per heavy atom. The van der Waals surface area contributed by atoms with Crippen LogP contribution in [0.15, 0.2) is 41.3 Å². The molecule has 2 N–H and O–H groups in total. The number of hydrogen-bond acceptors (Lipinski definition) is 3. The molecule has 0 bridgehead atoms. The number of rotatable bonds is 7. The Morgan fingerprint density at radius 2 is 2.09 bits per heavy atom. The van der Waals surface area contributed by atoms with E-state index in [0.29, 0.717) is 11.4 Å². The van der Waals surface area contributed by atoms with Crippen LogP contribution in [-0.4, -0.2) is 21.9 Å². The highest BCUT2D eigenvalue weighted by Gasteiger charge is 2.15. The zero-order chi connectivity index (χ0) is 16.7. The molecule has 122 valence electrons. The van der Waals surface area contributed by atoms with Gasteiger partial charge in [0.05, 0.1) is 11.4 Å². The first-order valence-corrected chi connectivity index (χ1v) is 8.11. The first kappa shape index (κ1) is 16.9. The molecule has 0 unspecified atom stereocenters. The fourth-order valence-electron chi connectivity index (χ4n) is 2.42. The number of nitrogens with zero attached hydrogens (tertiary/aromatic N) is 1. The van der Waals surface area contributed by atoms with Crippen molar-refractivity contribution in [1.82, 2.24) is 15.3 Å². The van der Waals surface area contributed by atoms with Crippen LogP contribution in [0.2, 0.25) is 0 Å². The SMILES string of the molecule is CCCC[C@H](CC)NC(=O)c1ccc(-c2ccccn2)[nH]c1=O. The van der Waals surface area contributed by atoms with Gasteiger partial charge in [0.25, 0.3) is 11.5 Å². The second-order valence-electron chi connectivity index (χ2n) is 5.55. The number of unbranched alkanes of at least 4 members (excludes halogenated alkanes) is 1. The van der Waals surface area contributed by atoms with Gasteiger partial charge in [0, 0.05) is 12.2 Å². The minimum Gasteiger partial charge on any atom is -0.349 e. The Balaban J connectivity index is 2.14. The number of carbonyl (C=O) groups is 1. The lowest BCUT2D eigenvalue weighted by atomic mass is 10.1. The predicted octanol–water partition coefficient (Wildman–Crippen LogP) is 3.14. The number of pyridine rings is 2. The number of amides is 1. The fraction of sp³-hybridized carbons (Fsp3) is 0.389. The van der Waals surface area contributed by atoms with Crippen molar-refractivity contribution in [3.63, 3.8) is 0 Å². The second kappa shape index (κ2) is 8.27. The molecule has 1 atom stereocenters. The Morgan fingerprint density at radius 3 is 2.70 bits per heavy atom. The minimum absolute atomic E-state index is 0.109. The van der Waals surface area contributed by atoms with Crippen LogP contribution in [0, 0.1) is 0 Å². The van der Waals surface area contributed by atoms with Gasteiger partial charge in [0.15, 0.2) is 0 Å². The van der Waals surface area contributed by atoms with E-state index in [1.165, 1.54) is 0 Å². The van der Waals surface area contributed by atoms with Gasteiger partial charge in [-0.2, -0.15) is 0 Å². The number of hydrogen-bond donors (Lipinski definition) is 2. The van der Waals surface area contributed by atoms with Crippen LogP contribution >= 0.6 is 0 Å². The number of H-pyrrole nitrogens is 1. The van der Waals surface area contributed by atoms with Crippen molar-refractivity contribution in [3.05, 3.63) is 52.4 Å². The summed E-state index contributed by atoms with van der Waals surface area (Å²) in [5.74, 6) is -0.318. The molecule has 2 aromatic heterocycles. The third-order valence-corrected chi connectivity index (χ3v) is 3.83. The molecule has 0 aromatic carbocycles. The monoisotopic (exact) mass is 313 g/mol. The topological polar surface area (TPSA) is 74.8 Å². The molecule has 2 heterocycles. The first-order chi connectivity index (χ1) is 11.2. The normalized spacial score (nSPS) is 11.9. The number of aromatic amines is 1. The average molecular weight is 313 g/mol. The predicted molar refractivity (Wildman–Crippen MR) is 91.4 cm³/mol. The summed E-state index contributed by atoms with van der Waals surface area (Å²) in [7, 11) is 0. The molecule has 0 aliphatic carbocycles. The van der Waals surface area contributed by atoms with Crippen LogP contribution in [0.3, 0.4) is 0 Å². The minimum atomic E-state index is -0.393. The Hall–Kier alpha value is -2.43. The molecular formula is C18H23N3O2. The second-order valence-corrected chi connectivity index (χ2v) is 5.55. The summed E-state index contributed by atoms with van der Waals surface area (Å²) >= 11 is 0. The summed E-state index contributed by atoms with van der Waals surface area (Å²) in [5.41, 5.74) is 1.02. The zero-order valence-electron chi connectivity index (χ0n) is 13.6. The largest absolute Gasteiger partial charge is 0.349 e.